The van der Waals surface area contributed by atoms with Gasteiger partial charge in [-0.1, -0.05) is 11.6 Å². The number of aryl methyl sites for hydroxylation is 2. The van der Waals surface area contributed by atoms with Crippen LogP contribution in [0.25, 0.3) is 10.6 Å². The van der Waals surface area contributed by atoms with Gasteiger partial charge < -0.3 is 0 Å². The zero-order valence-corrected chi connectivity index (χ0v) is 9.49. The number of hydrogen-bond acceptors (Lipinski definition) is 3. The van der Waals surface area contributed by atoms with E-state index in [0.717, 1.165) is 10.6 Å². The number of hydrogen-bond donors (Lipinski definition) is 0. The van der Waals surface area contributed by atoms with Crippen molar-refractivity contribution < 1.29 is 0 Å². The van der Waals surface area contributed by atoms with Crippen molar-refractivity contribution in [3.8, 4) is 10.6 Å². The fourth-order valence-electron chi connectivity index (χ4n) is 1.28. The molecular formula is C10H9ClN2S. The van der Waals surface area contributed by atoms with Crippen molar-refractivity contribution in [2.45, 2.75) is 13.8 Å². The second-order valence-electron chi connectivity index (χ2n) is 3.06. The van der Waals surface area contributed by atoms with Crippen LogP contribution in [0.4, 0.5) is 0 Å². The van der Waals surface area contributed by atoms with Gasteiger partial charge >= 0.3 is 0 Å². The van der Waals surface area contributed by atoms with Gasteiger partial charge in [-0.05, 0) is 30.9 Å². The molecule has 0 unspecified atom stereocenters. The van der Waals surface area contributed by atoms with Crippen molar-refractivity contribution in [2.24, 2.45) is 0 Å². The molecule has 0 aliphatic carbocycles. The molecule has 0 bridgehead atoms. The van der Waals surface area contributed by atoms with Crippen LogP contribution in [0.2, 0.25) is 5.15 Å². The quantitative estimate of drug-likeness (QED) is 0.694. The summed E-state index contributed by atoms with van der Waals surface area (Å²) >= 11 is 7.54. The first-order valence-corrected chi connectivity index (χ1v) is 5.48. The molecule has 2 heterocycles. The summed E-state index contributed by atoms with van der Waals surface area (Å²) in [6, 6.07) is 3.87. The van der Waals surface area contributed by atoms with Crippen LogP contribution in [0.5, 0.6) is 0 Å². The van der Waals surface area contributed by atoms with Crippen LogP contribution in [-0.4, -0.2) is 9.97 Å². The predicted molar refractivity (Wildman–Crippen MR) is 59.8 cm³/mol. The summed E-state index contributed by atoms with van der Waals surface area (Å²) in [4.78, 5) is 9.55. The summed E-state index contributed by atoms with van der Waals surface area (Å²) in [5, 5.41) is 2.55. The molecule has 0 fully saturated rings. The summed E-state index contributed by atoms with van der Waals surface area (Å²) in [5.74, 6) is 0.709. The van der Waals surface area contributed by atoms with E-state index in [-0.39, 0.29) is 0 Å². The second kappa shape index (κ2) is 3.67. The third kappa shape index (κ3) is 1.79. The first-order chi connectivity index (χ1) is 6.66. The maximum Gasteiger partial charge on any atom is 0.133 e. The van der Waals surface area contributed by atoms with Crippen LogP contribution in [0, 0.1) is 13.8 Å². The minimum atomic E-state index is 0.500. The summed E-state index contributed by atoms with van der Waals surface area (Å²) in [6.45, 7) is 3.91. The predicted octanol–water partition coefficient (Wildman–Crippen LogP) is 3.48. The lowest BCUT2D eigenvalue weighted by molar-refractivity contribution is 1.06. The van der Waals surface area contributed by atoms with E-state index in [1.54, 1.807) is 17.4 Å². The molecule has 0 aromatic carbocycles. The molecule has 0 saturated heterocycles. The van der Waals surface area contributed by atoms with Gasteiger partial charge in [-0.25, -0.2) is 9.97 Å². The summed E-state index contributed by atoms with van der Waals surface area (Å²) in [5.41, 5.74) is 2.14. The molecule has 4 heteroatoms. The highest BCUT2D eigenvalue weighted by Gasteiger charge is 2.06. The first-order valence-electron chi connectivity index (χ1n) is 4.22. The van der Waals surface area contributed by atoms with E-state index in [2.05, 4.69) is 28.3 Å². The van der Waals surface area contributed by atoms with Gasteiger partial charge in [-0.3, -0.25) is 0 Å². The molecular weight excluding hydrogens is 216 g/mol. The number of rotatable bonds is 1. The van der Waals surface area contributed by atoms with Crippen molar-refractivity contribution in [3.63, 3.8) is 0 Å². The van der Waals surface area contributed by atoms with Gasteiger partial charge in [-0.15, -0.1) is 11.3 Å². The lowest BCUT2D eigenvalue weighted by Crippen LogP contribution is -1.90. The maximum absolute atomic E-state index is 5.87. The number of aromatic nitrogens is 2. The molecule has 2 nitrogen and oxygen atoms in total. The average molecular weight is 225 g/mol. The van der Waals surface area contributed by atoms with E-state index in [9.17, 15) is 0 Å². The van der Waals surface area contributed by atoms with Crippen molar-refractivity contribution in [2.75, 3.05) is 0 Å². The Hall–Kier alpha value is -0.930. The molecule has 14 heavy (non-hydrogen) atoms. The Morgan fingerprint density at radius 3 is 2.64 bits per heavy atom. The van der Waals surface area contributed by atoms with Crippen LogP contribution in [0.15, 0.2) is 17.5 Å². The van der Waals surface area contributed by atoms with Gasteiger partial charge in [0.05, 0.1) is 10.6 Å². The number of thiophene rings is 1. The average Bonchev–Trinajstić information content (AvgIpc) is 2.49. The Bertz CT molecular complexity index is 445. The molecule has 2 rings (SSSR count). The van der Waals surface area contributed by atoms with Crippen molar-refractivity contribution in [1.82, 2.24) is 9.97 Å². The highest BCUT2D eigenvalue weighted by molar-refractivity contribution is 7.13. The van der Waals surface area contributed by atoms with Crippen LogP contribution in [0.1, 0.15) is 11.4 Å². The number of halogens is 1. The lowest BCUT2D eigenvalue weighted by atomic mass is 10.2. The van der Waals surface area contributed by atoms with Gasteiger partial charge in [0.15, 0.2) is 0 Å². The van der Waals surface area contributed by atoms with Crippen LogP contribution >= 0.6 is 22.9 Å². The standard InChI is InChI=1S/C10H9ClN2S/c1-6-3-4-14-10(6)8-5-9(11)13-7(2)12-8/h3-5H,1-2H3. The minimum absolute atomic E-state index is 0.500. The normalized spacial score (nSPS) is 10.5. The minimum Gasteiger partial charge on any atom is -0.232 e. The summed E-state index contributed by atoms with van der Waals surface area (Å²) < 4.78 is 0. The fourth-order valence-corrected chi connectivity index (χ4v) is 2.40. The molecule has 72 valence electrons. The molecule has 0 N–H and O–H groups in total. The van der Waals surface area contributed by atoms with Gasteiger partial charge in [0.25, 0.3) is 0 Å². The molecule has 0 radical (unpaired) electrons. The van der Waals surface area contributed by atoms with E-state index in [1.165, 1.54) is 5.56 Å². The summed E-state index contributed by atoms with van der Waals surface area (Å²) in [7, 11) is 0. The fraction of sp³-hybridized carbons (Fsp3) is 0.200. The van der Waals surface area contributed by atoms with E-state index >= 15 is 0 Å². The van der Waals surface area contributed by atoms with Gasteiger partial charge in [-0.2, -0.15) is 0 Å². The first kappa shape index (κ1) is 9.62. The second-order valence-corrected chi connectivity index (χ2v) is 4.36. The molecule has 0 saturated carbocycles. The monoisotopic (exact) mass is 224 g/mol. The molecule has 0 atom stereocenters. The summed E-state index contributed by atoms with van der Waals surface area (Å²) in [6.07, 6.45) is 0. The lowest BCUT2D eigenvalue weighted by Gasteiger charge is -2.00. The van der Waals surface area contributed by atoms with Crippen LogP contribution in [-0.2, 0) is 0 Å². The van der Waals surface area contributed by atoms with Crippen molar-refractivity contribution in [3.05, 3.63) is 34.1 Å². The van der Waals surface area contributed by atoms with Gasteiger partial charge in [0, 0.05) is 6.07 Å². The molecule has 0 spiro atoms. The van der Waals surface area contributed by atoms with E-state index in [4.69, 9.17) is 11.6 Å². The SMILES string of the molecule is Cc1nc(Cl)cc(-c2sccc2C)n1. The zero-order valence-electron chi connectivity index (χ0n) is 7.91. The molecule has 2 aromatic rings. The highest BCUT2D eigenvalue weighted by Crippen LogP contribution is 2.28. The van der Waals surface area contributed by atoms with Crippen molar-refractivity contribution >= 4 is 22.9 Å². The largest absolute Gasteiger partial charge is 0.232 e. The molecule has 2 aromatic heterocycles. The van der Waals surface area contributed by atoms with E-state index in [0.29, 0.717) is 11.0 Å². The molecule has 0 aliphatic heterocycles. The molecule has 0 amide bonds. The third-order valence-electron chi connectivity index (χ3n) is 1.90. The van der Waals surface area contributed by atoms with Gasteiger partial charge in [0.2, 0.25) is 0 Å². The van der Waals surface area contributed by atoms with E-state index in [1.807, 2.05) is 6.92 Å². The smallest absolute Gasteiger partial charge is 0.133 e. The zero-order chi connectivity index (χ0) is 10.1. The van der Waals surface area contributed by atoms with Crippen LogP contribution in [0.3, 0.4) is 0 Å². The van der Waals surface area contributed by atoms with Gasteiger partial charge in [0.1, 0.15) is 11.0 Å². The van der Waals surface area contributed by atoms with E-state index < -0.39 is 0 Å². The maximum atomic E-state index is 5.87. The molecule has 0 aliphatic rings. The Kier molecular flexibility index (Phi) is 2.52. The third-order valence-corrected chi connectivity index (χ3v) is 3.13. The number of nitrogens with zero attached hydrogens (tertiary/aromatic N) is 2. The van der Waals surface area contributed by atoms with Crippen LogP contribution < -0.4 is 0 Å². The Labute approximate surface area is 91.6 Å². The Morgan fingerprint density at radius 1 is 1.29 bits per heavy atom. The Morgan fingerprint density at radius 2 is 2.07 bits per heavy atom. The Balaban J connectivity index is 2.57. The topological polar surface area (TPSA) is 25.8 Å². The van der Waals surface area contributed by atoms with Crippen molar-refractivity contribution in [1.29, 1.82) is 0 Å². The highest BCUT2D eigenvalue weighted by atomic mass is 35.5.